The summed E-state index contributed by atoms with van der Waals surface area (Å²) >= 11 is 7.65. The van der Waals surface area contributed by atoms with Crippen molar-refractivity contribution in [1.29, 1.82) is 0 Å². The molecule has 21 heavy (non-hydrogen) atoms. The molecule has 0 bridgehead atoms. The van der Waals surface area contributed by atoms with E-state index in [0.29, 0.717) is 17.3 Å². The minimum absolute atomic E-state index is 0.621. The monoisotopic (exact) mass is 319 g/mol. The maximum Gasteiger partial charge on any atom is 0.171 e. The smallest absolute Gasteiger partial charge is 0.171 e. The van der Waals surface area contributed by atoms with E-state index >= 15 is 0 Å². The predicted molar refractivity (Wildman–Crippen MR) is 87.3 cm³/mol. The highest BCUT2D eigenvalue weighted by molar-refractivity contribution is 7.99. The van der Waals surface area contributed by atoms with E-state index in [-0.39, 0.29) is 0 Å². The van der Waals surface area contributed by atoms with E-state index in [4.69, 9.17) is 22.1 Å². The van der Waals surface area contributed by atoms with Gasteiger partial charge in [-0.15, -0.1) is 0 Å². The summed E-state index contributed by atoms with van der Waals surface area (Å²) in [4.78, 5) is 8.71. The van der Waals surface area contributed by atoms with Gasteiger partial charge < -0.3 is 15.5 Å². The molecule has 4 nitrogen and oxygen atoms in total. The Morgan fingerprint density at radius 1 is 1.29 bits per heavy atom. The Balaban J connectivity index is 1.90. The van der Waals surface area contributed by atoms with Crippen molar-refractivity contribution in [2.75, 3.05) is 12.3 Å². The van der Waals surface area contributed by atoms with E-state index in [9.17, 15) is 0 Å². The third-order valence-electron chi connectivity index (χ3n) is 2.91. The number of benzene rings is 2. The van der Waals surface area contributed by atoms with Crippen LogP contribution in [-0.2, 0) is 0 Å². The van der Waals surface area contributed by atoms with Crippen LogP contribution in [0.5, 0.6) is 5.75 Å². The summed E-state index contributed by atoms with van der Waals surface area (Å²) < 4.78 is 5.48. The van der Waals surface area contributed by atoms with Gasteiger partial charge in [0, 0.05) is 16.6 Å². The Kier molecular flexibility index (Phi) is 3.94. The van der Waals surface area contributed by atoms with Crippen LogP contribution in [0.25, 0.3) is 11.0 Å². The van der Waals surface area contributed by atoms with Gasteiger partial charge >= 0.3 is 0 Å². The van der Waals surface area contributed by atoms with Crippen LogP contribution in [0.4, 0.5) is 5.69 Å². The van der Waals surface area contributed by atoms with Gasteiger partial charge in [-0.2, -0.15) is 0 Å². The Hall–Kier alpha value is -1.85. The molecule has 0 aliphatic carbocycles. The highest BCUT2D eigenvalue weighted by atomic mass is 35.5. The number of rotatable bonds is 4. The maximum atomic E-state index is 6.18. The fourth-order valence-corrected chi connectivity index (χ4v) is 3.08. The Bertz CT molecular complexity index is 788. The first-order valence-electron chi connectivity index (χ1n) is 6.51. The number of aromatic nitrogens is 2. The maximum absolute atomic E-state index is 6.18. The van der Waals surface area contributed by atoms with Gasteiger partial charge in [0.25, 0.3) is 0 Å². The Labute approximate surface area is 131 Å². The highest BCUT2D eigenvalue weighted by Crippen LogP contribution is 2.34. The average molecular weight is 320 g/mol. The number of H-pyrrole nitrogens is 1. The number of imidazole rings is 1. The number of halogens is 1. The summed E-state index contributed by atoms with van der Waals surface area (Å²) in [6.07, 6.45) is 0. The van der Waals surface area contributed by atoms with E-state index in [1.54, 1.807) is 6.07 Å². The van der Waals surface area contributed by atoms with E-state index < -0.39 is 0 Å². The van der Waals surface area contributed by atoms with Gasteiger partial charge in [-0.3, -0.25) is 0 Å². The third kappa shape index (κ3) is 3.09. The SMILES string of the molecule is CCOc1ccc2nc(Sc3ccc(N)cc3Cl)[nH]c2c1. The van der Waals surface area contributed by atoms with Crippen LogP contribution >= 0.6 is 23.4 Å². The van der Waals surface area contributed by atoms with Gasteiger partial charge in [0.15, 0.2) is 5.16 Å². The lowest BCUT2D eigenvalue weighted by atomic mass is 10.3. The summed E-state index contributed by atoms with van der Waals surface area (Å²) in [5, 5.41) is 1.40. The number of nitrogen functional groups attached to an aromatic ring is 1. The second-order valence-corrected chi connectivity index (χ2v) is 5.88. The molecule has 108 valence electrons. The molecule has 2 aromatic carbocycles. The molecule has 0 fully saturated rings. The molecule has 3 rings (SSSR count). The van der Waals surface area contributed by atoms with Crippen molar-refractivity contribution in [3.05, 3.63) is 41.4 Å². The van der Waals surface area contributed by atoms with Gasteiger partial charge in [-0.1, -0.05) is 23.4 Å². The number of ether oxygens (including phenoxy) is 1. The molecule has 3 N–H and O–H groups in total. The molecular formula is C15H14ClN3OS. The fourth-order valence-electron chi connectivity index (χ4n) is 1.97. The molecule has 0 aliphatic rings. The first-order chi connectivity index (χ1) is 10.2. The standard InChI is InChI=1S/C15H14ClN3OS/c1-2-20-10-4-5-12-13(8-10)19-15(18-12)21-14-6-3-9(17)7-11(14)16/h3-8H,2,17H2,1H3,(H,18,19). The Morgan fingerprint density at radius 2 is 2.14 bits per heavy atom. The second kappa shape index (κ2) is 5.87. The molecule has 0 radical (unpaired) electrons. The van der Waals surface area contributed by atoms with Crippen LogP contribution in [0, 0.1) is 0 Å². The van der Waals surface area contributed by atoms with E-state index in [0.717, 1.165) is 26.8 Å². The molecule has 1 heterocycles. The molecule has 3 aromatic rings. The van der Waals surface area contributed by atoms with Crippen molar-refractivity contribution in [3.8, 4) is 5.75 Å². The normalized spacial score (nSPS) is 11.0. The molecule has 0 aliphatic heterocycles. The number of hydrogen-bond acceptors (Lipinski definition) is 4. The number of nitrogens with one attached hydrogen (secondary N) is 1. The lowest BCUT2D eigenvalue weighted by Gasteiger charge is -2.02. The number of anilines is 1. The lowest BCUT2D eigenvalue weighted by molar-refractivity contribution is 0.340. The van der Waals surface area contributed by atoms with E-state index in [2.05, 4.69) is 9.97 Å². The van der Waals surface area contributed by atoms with Crippen molar-refractivity contribution >= 4 is 40.1 Å². The van der Waals surface area contributed by atoms with Gasteiger partial charge in [0.1, 0.15) is 5.75 Å². The molecule has 0 spiro atoms. The van der Waals surface area contributed by atoms with Crippen LogP contribution in [0.1, 0.15) is 6.92 Å². The van der Waals surface area contributed by atoms with Crippen LogP contribution in [0.2, 0.25) is 5.02 Å². The minimum atomic E-state index is 0.621. The van der Waals surface area contributed by atoms with Crippen LogP contribution in [-0.4, -0.2) is 16.6 Å². The molecule has 6 heteroatoms. The zero-order chi connectivity index (χ0) is 14.8. The van der Waals surface area contributed by atoms with Crippen molar-refractivity contribution in [2.24, 2.45) is 0 Å². The first kappa shape index (κ1) is 14.1. The molecule has 0 atom stereocenters. The number of fused-ring (bicyclic) bond motifs is 1. The molecular weight excluding hydrogens is 306 g/mol. The van der Waals surface area contributed by atoms with E-state index in [1.807, 2.05) is 37.3 Å². The molecule has 0 saturated heterocycles. The van der Waals surface area contributed by atoms with E-state index in [1.165, 1.54) is 11.8 Å². The quantitative estimate of drug-likeness (QED) is 0.702. The summed E-state index contributed by atoms with van der Waals surface area (Å²) in [6.45, 7) is 2.60. The molecule has 1 aromatic heterocycles. The van der Waals surface area contributed by atoms with Crippen molar-refractivity contribution in [3.63, 3.8) is 0 Å². The zero-order valence-electron chi connectivity index (χ0n) is 11.4. The van der Waals surface area contributed by atoms with Crippen LogP contribution in [0.15, 0.2) is 46.5 Å². The van der Waals surface area contributed by atoms with Crippen molar-refractivity contribution < 1.29 is 4.74 Å². The molecule has 0 saturated carbocycles. The number of nitrogens with zero attached hydrogens (tertiary/aromatic N) is 1. The number of nitrogens with two attached hydrogens (primary N) is 1. The second-order valence-electron chi connectivity index (χ2n) is 4.45. The summed E-state index contributed by atoms with van der Waals surface area (Å²) in [5.74, 6) is 0.829. The third-order valence-corrected chi connectivity index (χ3v) is 4.29. The minimum Gasteiger partial charge on any atom is -0.494 e. The van der Waals surface area contributed by atoms with Crippen LogP contribution < -0.4 is 10.5 Å². The lowest BCUT2D eigenvalue weighted by Crippen LogP contribution is -1.90. The molecule has 0 amide bonds. The number of aromatic amines is 1. The zero-order valence-corrected chi connectivity index (χ0v) is 13.0. The van der Waals surface area contributed by atoms with Crippen LogP contribution in [0.3, 0.4) is 0 Å². The largest absolute Gasteiger partial charge is 0.494 e. The average Bonchev–Trinajstić information content (AvgIpc) is 2.84. The van der Waals surface area contributed by atoms with Gasteiger partial charge in [0.2, 0.25) is 0 Å². The Morgan fingerprint density at radius 3 is 2.90 bits per heavy atom. The molecule has 0 unspecified atom stereocenters. The van der Waals surface area contributed by atoms with Gasteiger partial charge in [0.05, 0.1) is 22.7 Å². The predicted octanol–water partition coefficient (Wildman–Crippen LogP) is 4.35. The summed E-state index contributed by atoms with van der Waals surface area (Å²) in [6, 6.07) is 11.2. The highest BCUT2D eigenvalue weighted by Gasteiger charge is 2.08. The van der Waals surface area contributed by atoms with Crippen molar-refractivity contribution in [2.45, 2.75) is 17.0 Å². The topological polar surface area (TPSA) is 63.9 Å². The first-order valence-corrected chi connectivity index (χ1v) is 7.70. The van der Waals surface area contributed by atoms with Gasteiger partial charge in [-0.05, 0) is 37.3 Å². The summed E-state index contributed by atoms with van der Waals surface area (Å²) in [7, 11) is 0. The van der Waals surface area contributed by atoms with Gasteiger partial charge in [-0.25, -0.2) is 4.98 Å². The summed E-state index contributed by atoms with van der Waals surface area (Å²) in [5.41, 5.74) is 8.18. The van der Waals surface area contributed by atoms with Crippen molar-refractivity contribution in [1.82, 2.24) is 9.97 Å². The number of hydrogen-bond donors (Lipinski definition) is 2. The fraction of sp³-hybridized carbons (Fsp3) is 0.133.